The lowest BCUT2D eigenvalue weighted by atomic mass is 9.64. The Bertz CT molecular complexity index is 2400. The Labute approximate surface area is 291 Å². The van der Waals surface area contributed by atoms with Gasteiger partial charge in [0.1, 0.15) is 5.54 Å². The lowest BCUT2D eigenvalue weighted by molar-refractivity contribution is 0.0691. The van der Waals surface area contributed by atoms with Crippen LogP contribution in [0.1, 0.15) is 72.5 Å². The third-order valence-corrected chi connectivity index (χ3v) is 12.8. The van der Waals surface area contributed by atoms with E-state index >= 15 is 0 Å². The van der Waals surface area contributed by atoms with E-state index in [0.717, 1.165) is 53.4 Å². The fraction of sp³-hybridized carbons (Fsp3) is 0.342. The summed E-state index contributed by atoms with van der Waals surface area (Å²) >= 11 is 1.41. The highest BCUT2D eigenvalue weighted by Gasteiger charge is 2.74. The van der Waals surface area contributed by atoms with Crippen LogP contribution in [-0.2, 0) is 6.54 Å². The monoisotopic (exact) mass is 685 g/mol. The highest BCUT2D eigenvalue weighted by Crippen LogP contribution is 2.78. The number of thiazole rings is 1. The molecule has 0 radical (unpaired) electrons. The number of benzene rings is 2. The molecule has 4 fully saturated rings. The van der Waals surface area contributed by atoms with Gasteiger partial charge in [-0.15, -0.1) is 0 Å². The molecule has 4 unspecified atom stereocenters. The fourth-order valence-electron chi connectivity index (χ4n) is 10.3. The van der Waals surface area contributed by atoms with Crippen molar-refractivity contribution in [3.05, 3.63) is 88.7 Å². The maximum absolute atomic E-state index is 13.4. The van der Waals surface area contributed by atoms with Crippen molar-refractivity contribution < 1.29 is 14.7 Å². The number of para-hydroxylation sites is 2. The highest BCUT2D eigenvalue weighted by molar-refractivity contribution is 7.22. The molecule has 3 N–H and O–H groups in total. The zero-order valence-corrected chi connectivity index (χ0v) is 28.7. The summed E-state index contributed by atoms with van der Waals surface area (Å²) < 4.78 is 2.97. The molecule has 4 heterocycles. The van der Waals surface area contributed by atoms with Gasteiger partial charge in [0.15, 0.2) is 10.8 Å². The maximum atomic E-state index is 13.4. The summed E-state index contributed by atoms with van der Waals surface area (Å²) in [7, 11) is 0. The standard InChI is InChI=1S/C38H35N7O4S/c1-21-25(14-39-45(21)20-37-16-35(2)15-36(37,3)18-38(17-35,19-37)44-49)23-11-12-26(40-31(23)33(47)48)28-13-22-7-6-8-24(30(22)41-28)32(46)43-34-42-27-9-4-5-10-29(27)50-34/h4-14,41H,15-20H2,1-3H3,(H,47,48)(H,42,43,46). The van der Waals surface area contributed by atoms with Crippen LogP contribution in [0.25, 0.3) is 43.6 Å². The zero-order valence-electron chi connectivity index (χ0n) is 27.9. The van der Waals surface area contributed by atoms with Crippen molar-refractivity contribution in [2.24, 2.45) is 21.4 Å². The molecule has 10 rings (SSSR count). The lowest BCUT2D eigenvalue weighted by Crippen LogP contribution is -2.40. The Morgan fingerprint density at radius 2 is 1.84 bits per heavy atom. The number of carboxylic acid groups (broad SMARTS) is 1. The Morgan fingerprint density at radius 3 is 2.64 bits per heavy atom. The summed E-state index contributed by atoms with van der Waals surface area (Å²) in [6, 6.07) is 18.6. The van der Waals surface area contributed by atoms with E-state index < -0.39 is 11.5 Å². The number of aromatic carboxylic acids is 1. The molecule has 0 spiro atoms. The van der Waals surface area contributed by atoms with E-state index in [1.54, 1.807) is 24.4 Å². The molecule has 4 aliphatic carbocycles. The van der Waals surface area contributed by atoms with Crippen molar-refractivity contribution in [1.29, 1.82) is 0 Å². The first-order valence-electron chi connectivity index (χ1n) is 16.8. The second kappa shape index (κ2) is 10.4. The van der Waals surface area contributed by atoms with Gasteiger partial charge in [0.2, 0.25) is 0 Å². The largest absolute Gasteiger partial charge is 0.476 e. The van der Waals surface area contributed by atoms with Gasteiger partial charge in [-0.05, 0) is 91.7 Å². The number of hydrogen-bond donors (Lipinski definition) is 3. The number of fused-ring (bicyclic) bond motifs is 2. The van der Waals surface area contributed by atoms with Crippen molar-refractivity contribution in [2.75, 3.05) is 5.32 Å². The molecule has 11 nitrogen and oxygen atoms in total. The van der Waals surface area contributed by atoms with E-state index in [-0.39, 0.29) is 27.8 Å². The molecule has 4 aliphatic rings. The number of aromatic amines is 1. The predicted molar refractivity (Wildman–Crippen MR) is 192 cm³/mol. The molecule has 1 amide bonds. The van der Waals surface area contributed by atoms with Gasteiger partial charge in [-0.3, -0.25) is 14.8 Å². The minimum Gasteiger partial charge on any atom is -0.476 e. The molecule has 0 saturated heterocycles. The number of nitrogens with zero attached hydrogens (tertiary/aromatic N) is 5. The Kier molecular flexibility index (Phi) is 6.40. The lowest BCUT2D eigenvalue weighted by Gasteiger charge is -2.42. The number of nitrogens with one attached hydrogen (secondary N) is 2. The minimum atomic E-state index is -1.15. The van der Waals surface area contributed by atoms with Crippen LogP contribution in [0.15, 0.2) is 72.0 Å². The summed E-state index contributed by atoms with van der Waals surface area (Å²) in [4.78, 5) is 50.6. The topological polar surface area (TPSA) is 155 Å². The van der Waals surface area contributed by atoms with E-state index in [4.69, 9.17) is 5.10 Å². The number of anilines is 1. The Morgan fingerprint density at radius 1 is 1.00 bits per heavy atom. The molecule has 50 heavy (non-hydrogen) atoms. The van der Waals surface area contributed by atoms with Crippen molar-refractivity contribution in [3.63, 3.8) is 0 Å². The first-order chi connectivity index (χ1) is 23.9. The molecule has 6 aromatic rings. The molecule has 4 atom stereocenters. The number of H-pyrrole nitrogens is 1. The predicted octanol–water partition coefficient (Wildman–Crippen LogP) is 8.46. The smallest absolute Gasteiger partial charge is 0.355 e. The zero-order chi connectivity index (χ0) is 34.6. The highest BCUT2D eigenvalue weighted by atomic mass is 32.1. The van der Waals surface area contributed by atoms with Gasteiger partial charge in [0.05, 0.1) is 38.9 Å². The van der Waals surface area contributed by atoms with Crippen molar-refractivity contribution in [3.8, 4) is 22.5 Å². The van der Waals surface area contributed by atoms with E-state index in [9.17, 15) is 19.6 Å². The van der Waals surface area contributed by atoms with Crippen LogP contribution in [0, 0.1) is 28.1 Å². The molecule has 12 heteroatoms. The third-order valence-electron chi connectivity index (χ3n) is 11.8. The summed E-state index contributed by atoms with van der Waals surface area (Å²) in [6.07, 6.45) is 6.31. The number of carbonyl (C=O) groups excluding carboxylic acids is 1. The van der Waals surface area contributed by atoms with Crippen LogP contribution in [0.2, 0.25) is 0 Å². The number of aromatic nitrogens is 5. The number of hydrogen-bond acceptors (Lipinski definition) is 8. The van der Waals surface area contributed by atoms with Crippen molar-refractivity contribution >= 4 is 49.5 Å². The quantitative estimate of drug-likeness (QED) is 0.136. The molecule has 4 aromatic heterocycles. The summed E-state index contributed by atoms with van der Waals surface area (Å²) in [5.74, 6) is -1.45. The van der Waals surface area contributed by atoms with Crippen molar-refractivity contribution in [2.45, 2.75) is 65.0 Å². The van der Waals surface area contributed by atoms with E-state index in [1.807, 2.05) is 54.1 Å². The number of amides is 1. The average molecular weight is 686 g/mol. The number of carbonyl (C=O) groups is 2. The number of pyridine rings is 1. The van der Waals surface area contributed by atoms with E-state index in [0.29, 0.717) is 45.3 Å². The van der Waals surface area contributed by atoms with Gasteiger partial charge >= 0.3 is 5.97 Å². The fourth-order valence-corrected chi connectivity index (χ4v) is 11.2. The SMILES string of the molecule is Cc1c(-c2ccc(-c3cc4cccc(C(=O)Nc5nc6ccccc6s5)c4[nH]3)nc2C(=O)O)cnn1CC12CC3(C)CC(N=O)(CC1(C)C3)C2. The first-order valence-corrected chi connectivity index (χ1v) is 17.6. The van der Waals surface area contributed by atoms with Gasteiger partial charge in [-0.25, -0.2) is 14.8 Å². The van der Waals surface area contributed by atoms with Crippen LogP contribution in [0.3, 0.4) is 0 Å². The van der Waals surface area contributed by atoms with Crippen LogP contribution in [0.5, 0.6) is 0 Å². The van der Waals surface area contributed by atoms with Gasteiger partial charge in [0.25, 0.3) is 5.91 Å². The van der Waals surface area contributed by atoms with Crippen LogP contribution >= 0.6 is 11.3 Å². The molecular formula is C38H35N7O4S. The van der Waals surface area contributed by atoms with Crippen molar-refractivity contribution in [1.82, 2.24) is 24.7 Å². The van der Waals surface area contributed by atoms with Crippen LogP contribution in [0.4, 0.5) is 5.13 Å². The van der Waals surface area contributed by atoms with E-state index in [1.165, 1.54) is 11.3 Å². The molecule has 0 aliphatic heterocycles. The second-order valence-electron chi connectivity index (χ2n) is 15.4. The van der Waals surface area contributed by atoms with Crippen LogP contribution in [-0.4, -0.2) is 47.3 Å². The summed E-state index contributed by atoms with van der Waals surface area (Å²) in [6.45, 7) is 7.25. The van der Waals surface area contributed by atoms with Gasteiger partial charge in [-0.2, -0.15) is 10.0 Å². The molecular weight excluding hydrogens is 651 g/mol. The first kappa shape index (κ1) is 30.8. The molecule has 2 aromatic carbocycles. The Balaban J connectivity index is 1.02. The normalized spacial score (nSPS) is 26.6. The third kappa shape index (κ3) is 4.50. The van der Waals surface area contributed by atoms with Gasteiger partial charge in [0, 0.05) is 28.8 Å². The minimum absolute atomic E-state index is 0.0114. The summed E-state index contributed by atoms with van der Waals surface area (Å²) in [5.41, 5.74) is 4.40. The maximum Gasteiger partial charge on any atom is 0.355 e. The number of carboxylic acids is 1. The number of rotatable bonds is 8. The molecule has 4 bridgehead atoms. The molecule has 4 saturated carbocycles. The molecule has 252 valence electrons. The van der Waals surface area contributed by atoms with E-state index in [2.05, 4.69) is 39.3 Å². The second-order valence-corrected chi connectivity index (χ2v) is 16.5. The number of nitroso groups, excluding NO2 is 1. The summed E-state index contributed by atoms with van der Waals surface area (Å²) in [5, 5.41) is 23.1. The van der Waals surface area contributed by atoms with Gasteiger partial charge in [-0.1, -0.05) is 54.6 Å². The Hall–Kier alpha value is -5.23. The van der Waals surface area contributed by atoms with Gasteiger partial charge < -0.3 is 10.1 Å². The average Bonchev–Trinajstić information content (AvgIpc) is 3.84. The van der Waals surface area contributed by atoms with Crippen LogP contribution < -0.4 is 5.32 Å².